The van der Waals surface area contributed by atoms with Crippen molar-refractivity contribution in [2.24, 2.45) is 0 Å². The Hall–Kier alpha value is -0.780. The molecule has 1 aromatic carbocycles. The molecule has 0 N–H and O–H groups in total. The summed E-state index contributed by atoms with van der Waals surface area (Å²) in [5.74, 6) is 2.48. The van der Waals surface area contributed by atoms with Crippen molar-refractivity contribution in [2.75, 3.05) is 0 Å². The predicted molar refractivity (Wildman–Crippen MR) is 61.5 cm³/mol. The molecule has 0 unspecified atom stereocenters. The van der Waals surface area contributed by atoms with Gasteiger partial charge in [-0.3, -0.25) is 4.79 Å². The first-order chi connectivity index (χ1) is 6.65. The van der Waals surface area contributed by atoms with E-state index in [1.54, 1.807) is 18.2 Å². The molecule has 0 fully saturated rings. The molecule has 0 atom stereocenters. The second-order valence-electron chi connectivity index (χ2n) is 2.76. The summed E-state index contributed by atoms with van der Waals surface area (Å²) in [6.07, 6.45) is 5.93. The molecule has 0 saturated heterocycles. The summed E-state index contributed by atoms with van der Waals surface area (Å²) in [6, 6.07) is 5.10. The highest BCUT2D eigenvalue weighted by atomic mass is 79.9. The zero-order valence-corrected chi connectivity index (χ0v) is 9.73. The number of rotatable bonds is 3. The van der Waals surface area contributed by atoms with Gasteiger partial charge in [-0.05, 0) is 34.1 Å². The molecule has 3 heteroatoms. The number of carbonyl (C=O) groups is 1. The minimum Gasteiger partial charge on any atom is -0.294 e. The van der Waals surface area contributed by atoms with Crippen LogP contribution < -0.4 is 0 Å². The van der Waals surface area contributed by atoms with E-state index in [1.807, 2.05) is 0 Å². The van der Waals surface area contributed by atoms with E-state index in [2.05, 4.69) is 21.9 Å². The summed E-state index contributed by atoms with van der Waals surface area (Å²) < 4.78 is 0.728. The molecular weight excluding hydrogens is 263 g/mol. The maximum atomic E-state index is 11.5. The number of hydrogen-bond donors (Lipinski definition) is 0. The second-order valence-corrected chi connectivity index (χ2v) is 4.02. The minimum atomic E-state index is 0.0420. The first-order valence-corrected chi connectivity index (χ1v) is 5.24. The van der Waals surface area contributed by atoms with Crippen LogP contribution in [0.5, 0.6) is 0 Å². The van der Waals surface area contributed by atoms with Crippen LogP contribution >= 0.6 is 27.5 Å². The normalized spacial score (nSPS) is 9.50. The van der Waals surface area contributed by atoms with Crippen LogP contribution in [0, 0.1) is 12.3 Å². The average Bonchev–Trinajstić information content (AvgIpc) is 2.18. The van der Waals surface area contributed by atoms with Gasteiger partial charge in [-0.2, -0.15) is 0 Å². The monoisotopic (exact) mass is 270 g/mol. The van der Waals surface area contributed by atoms with Crippen LogP contribution in [-0.4, -0.2) is 5.78 Å². The first kappa shape index (κ1) is 11.3. The topological polar surface area (TPSA) is 17.1 Å². The smallest absolute Gasteiger partial charge is 0.163 e. The molecule has 0 aliphatic heterocycles. The van der Waals surface area contributed by atoms with Gasteiger partial charge in [0, 0.05) is 22.9 Å². The van der Waals surface area contributed by atoms with Crippen molar-refractivity contribution in [1.29, 1.82) is 0 Å². The Labute approximate surface area is 96.6 Å². The summed E-state index contributed by atoms with van der Waals surface area (Å²) in [5, 5.41) is 0.596. The second kappa shape index (κ2) is 5.19. The standard InChI is InChI=1S/C11H8BrClO/c1-2-3-4-11(14)8-5-6-10(13)9(12)7-8/h1,5-7H,3-4H2. The first-order valence-electron chi connectivity index (χ1n) is 4.07. The largest absolute Gasteiger partial charge is 0.294 e. The lowest BCUT2D eigenvalue weighted by Crippen LogP contribution is -1.97. The van der Waals surface area contributed by atoms with E-state index in [1.165, 1.54) is 0 Å². The zero-order valence-electron chi connectivity index (χ0n) is 7.39. The van der Waals surface area contributed by atoms with Crippen molar-refractivity contribution in [3.8, 4) is 12.3 Å². The summed E-state index contributed by atoms with van der Waals surface area (Å²) in [7, 11) is 0. The van der Waals surface area contributed by atoms with Crippen LogP contribution in [0.25, 0.3) is 0 Å². The zero-order chi connectivity index (χ0) is 10.6. The molecule has 14 heavy (non-hydrogen) atoms. The van der Waals surface area contributed by atoms with Crippen molar-refractivity contribution in [3.05, 3.63) is 33.3 Å². The van der Waals surface area contributed by atoms with E-state index < -0.39 is 0 Å². The van der Waals surface area contributed by atoms with Gasteiger partial charge in [-0.15, -0.1) is 12.3 Å². The summed E-state index contributed by atoms with van der Waals surface area (Å²) in [5.41, 5.74) is 0.636. The van der Waals surface area contributed by atoms with Gasteiger partial charge in [0.25, 0.3) is 0 Å². The Kier molecular flexibility index (Phi) is 4.19. The van der Waals surface area contributed by atoms with E-state index in [0.29, 0.717) is 23.4 Å². The number of carbonyl (C=O) groups excluding carboxylic acids is 1. The summed E-state index contributed by atoms with van der Waals surface area (Å²) >= 11 is 9.06. The van der Waals surface area contributed by atoms with Crippen LogP contribution in [0.1, 0.15) is 23.2 Å². The number of hydrogen-bond acceptors (Lipinski definition) is 1. The molecule has 0 saturated carbocycles. The minimum absolute atomic E-state index is 0.0420. The van der Waals surface area contributed by atoms with E-state index in [0.717, 1.165) is 4.47 Å². The summed E-state index contributed by atoms with van der Waals surface area (Å²) in [4.78, 5) is 11.5. The van der Waals surface area contributed by atoms with Gasteiger partial charge in [-0.1, -0.05) is 11.6 Å². The predicted octanol–water partition coefficient (Wildman–Crippen LogP) is 3.70. The maximum Gasteiger partial charge on any atom is 0.163 e. The molecule has 0 aliphatic carbocycles. The third-order valence-electron chi connectivity index (χ3n) is 1.74. The fourth-order valence-electron chi connectivity index (χ4n) is 1.000. The van der Waals surface area contributed by atoms with Crippen LogP contribution in [0.2, 0.25) is 5.02 Å². The number of benzene rings is 1. The van der Waals surface area contributed by atoms with Crippen LogP contribution in [0.3, 0.4) is 0 Å². The fraction of sp³-hybridized carbons (Fsp3) is 0.182. The molecule has 0 amide bonds. The van der Waals surface area contributed by atoms with Crippen molar-refractivity contribution in [1.82, 2.24) is 0 Å². The lowest BCUT2D eigenvalue weighted by molar-refractivity contribution is 0.0984. The van der Waals surface area contributed by atoms with Gasteiger partial charge < -0.3 is 0 Å². The molecule has 1 aromatic rings. The SMILES string of the molecule is C#CCCC(=O)c1ccc(Cl)c(Br)c1. The average molecular weight is 272 g/mol. The third-order valence-corrected chi connectivity index (χ3v) is 2.95. The summed E-state index contributed by atoms with van der Waals surface area (Å²) in [6.45, 7) is 0. The highest BCUT2D eigenvalue weighted by Gasteiger charge is 2.06. The van der Waals surface area contributed by atoms with Crippen molar-refractivity contribution >= 4 is 33.3 Å². The van der Waals surface area contributed by atoms with E-state index in [-0.39, 0.29) is 5.78 Å². The number of terminal acetylenes is 1. The Morgan fingerprint density at radius 1 is 1.57 bits per heavy atom. The molecule has 0 heterocycles. The number of halogens is 2. The van der Waals surface area contributed by atoms with Crippen LogP contribution in [0.15, 0.2) is 22.7 Å². The van der Waals surface area contributed by atoms with Gasteiger partial charge in [0.2, 0.25) is 0 Å². The number of Topliss-reactive ketones (excluding diaryl/α,β-unsaturated/α-hetero) is 1. The van der Waals surface area contributed by atoms with E-state index in [9.17, 15) is 4.79 Å². The molecule has 0 aliphatic rings. The highest BCUT2D eigenvalue weighted by Crippen LogP contribution is 2.23. The molecule has 1 rings (SSSR count). The van der Waals surface area contributed by atoms with Crippen LogP contribution in [-0.2, 0) is 0 Å². The van der Waals surface area contributed by atoms with Crippen molar-refractivity contribution < 1.29 is 4.79 Å². The van der Waals surface area contributed by atoms with Crippen molar-refractivity contribution in [3.63, 3.8) is 0 Å². The van der Waals surface area contributed by atoms with Gasteiger partial charge in [0.1, 0.15) is 0 Å². The van der Waals surface area contributed by atoms with Gasteiger partial charge in [0.05, 0.1) is 5.02 Å². The van der Waals surface area contributed by atoms with E-state index >= 15 is 0 Å². The van der Waals surface area contributed by atoms with Crippen LogP contribution in [0.4, 0.5) is 0 Å². The number of ketones is 1. The molecule has 1 nitrogen and oxygen atoms in total. The Balaban J connectivity index is 2.82. The van der Waals surface area contributed by atoms with Gasteiger partial charge >= 0.3 is 0 Å². The molecule has 0 spiro atoms. The Morgan fingerprint density at radius 3 is 2.86 bits per heavy atom. The molecule has 0 bridgehead atoms. The van der Waals surface area contributed by atoms with Gasteiger partial charge in [0.15, 0.2) is 5.78 Å². The van der Waals surface area contributed by atoms with Crippen molar-refractivity contribution in [2.45, 2.75) is 12.8 Å². The molecule has 0 aromatic heterocycles. The molecular formula is C11H8BrClO. The quantitative estimate of drug-likeness (QED) is 0.605. The Morgan fingerprint density at radius 2 is 2.29 bits per heavy atom. The lowest BCUT2D eigenvalue weighted by atomic mass is 10.1. The molecule has 72 valence electrons. The third kappa shape index (κ3) is 2.87. The van der Waals surface area contributed by atoms with Gasteiger partial charge in [-0.25, -0.2) is 0 Å². The lowest BCUT2D eigenvalue weighted by Gasteiger charge is -2.00. The molecule has 0 radical (unpaired) electrons. The Bertz CT molecular complexity index is 393. The highest BCUT2D eigenvalue weighted by molar-refractivity contribution is 9.10. The van der Waals surface area contributed by atoms with E-state index in [4.69, 9.17) is 18.0 Å². The maximum absolute atomic E-state index is 11.5. The fourth-order valence-corrected chi connectivity index (χ4v) is 1.50.